The molecular formula is C27H25ClN2O3. The summed E-state index contributed by atoms with van der Waals surface area (Å²) in [5, 5.41) is 1.48. The Balaban J connectivity index is 1.71. The lowest BCUT2D eigenvalue weighted by molar-refractivity contribution is 0.0729. The summed E-state index contributed by atoms with van der Waals surface area (Å²) in [5.41, 5.74) is 3.52. The molecule has 1 N–H and O–H groups in total. The van der Waals surface area contributed by atoms with E-state index >= 15 is 0 Å². The zero-order chi connectivity index (χ0) is 23.4. The summed E-state index contributed by atoms with van der Waals surface area (Å²) >= 11 is 6.03. The van der Waals surface area contributed by atoms with Crippen LogP contribution in [0.4, 0.5) is 0 Å². The van der Waals surface area contributed by atoms with Crippen LogP contribution in [0.25, 0.3) is 10.9 Å². The molecule has 0 fully saturated rings. The van der Waals surface area contributed by atoms with Gasteiger partial charge in [-0.3, -0.25) is 9.59 Å². The fourth-order valence-corrected chi connectivity index (χ4v) is 3.91. The molecule has 0 radical (unpaired) electrons. The quantitative estimate of drug-likeness (QED) is 0.383. The number of hydrogen-bond acceptors (Lipinski definition) is 3. The van der Waals surface area contributed by atoms with Gasteiger partial charge in [-0.05, 0) is 67.9 Å². The number of benzene rings is 3. The van der Waals surface area contributed by atoms with Crippen molar-refractivity contribution in [3.63, 3.8) is 0 Å². The third-order valence-corrected chi connectivity index (χ3v) is 5.66. The van der Waals surface area contributed by atoms with Crippen molar-refractivity contribution in [1.82, 2.24) is 9.88 Å². The highest BCUT2D eigenvalue weighted by Gasteiger charge is 2.19. The van der Waals surface area contributed by atoms with Gasteiger partial charge in [-0.1, -0.05) is 41.4 Å². The van der Waals surface area contributed by atoms with Gasteiger partial charge in [0.25, 0.3) is 11.5 Å². The summed E-state index contributed by atoms with van der Waals surface area (Å²) in [6.45, 7) is 4.94. The molecule has 0 spiro atoms. The fraction of sp³-hybridized carbons (Fsp3) is 0.185. The second kappa shape index (κ2) is 9.92. The van der Waals surface area contributed by atoms with E-state index in [2.05, 4.69) is 4.98 Å². The molecule has 1 heterocycles. The van der Waals surface area contributed by atoms with Crippen LogP contribution in [0, 0.1) is 6.92 Å². The van der Waals surface area contributed by atoms with Crippen molar-refractivity contribution >= 4 is 28.4 Å². The normalized spacial score (nSPS) is 10.9. The van der Waals surface area contributed by atoms with Gasteiger partial charge in [0.2, 0.25) is 0 Å². The van der Waals surface area contributed by atoms with E-state index in [0.29, 0.717) is 29.3 Å². The highest BCUT2D eigenvalue weighted by molar-refractivity contribution is 6.30. The highest BCUT2D eigenvalue weighted by atomic mass is 35.5. The van der Waals surface area contributed by atoms with Crippen molar-refractivity contribution in [3.8, 4) is 5.75 Å². The second-order valence-corrected chi connectivity index (χ2v) is 8.40. The standard InChI is InChI=1S/C27H25ClN2O3/c1-3-33-24-11-12-25-21(15-24)14-22(26(31)29-25)17-30(16-19-7-9-23(28)10-8-19)27(32)20-6-4-5-18(2)13-20/h4-15H,3,16-17H2,1-2H3,(H,29,31). The molecule has 5 nitrogen and oxygen atoms in total. The topological polar surface area (TPSA) is 62.4 Å². The number of aromatic amines is 1. The van der Waals surface area contributed by atoms with Gasteiger partial charge in [-0.2, -0.15) is 0 Å². The Morgan fingerprint density at radius 1 is 1.00 bits per heavy atom. The monoisotopic (exact) mass is 460 g/mol. The minimum absolute atomic E-state index is 0.142. The van der Waals surface area contributed by atoms with Crippen LogP contribution in [0.5, 0.6) is 5.75 Å². The third kappa shape index (κ3) is 5.44. The Labute approximate surface area is 197 Å². The van der Waals surface area contributed by atoms with Crippen LogP contribution in [0.3, 0.4) is 0 Å². The number of nitrogens with zero attached hydrogens (tertiary/aromatic N) is 1. The number of hydrogen-bond donors (Lipinski definition) is 1. The van der Waals surface area contributed by atoms with E-state index < -0.39 is 0 Å². The maximum absolute atomic E-state index is 13.5. The molecule has 0 aliphatic carbocycles. The molecule has 0 unspecified atom stereocenters. The van der Waals surface area contributed by atoms with E-state index in [1.807, 2.05) is 68.4 Å². The summed E-state index contributed by atoms with van der Waals surface area (Å²) < 4.78 is 5.59. The predicted octanol–water partition coefficient (Wildman–Crippen LogP) is 5.73. The van der Waals surface area contributed by atoms with E-state index in [4.69, 9.17) is 16.3 Å². The summed E-state index contributed by atoms with van der Waals surface area (Å²) in [5.74, 6) is 0.591. The fourth-order valence-electron chi connectivity index (χ4n) is 3.78. The zero-order valence-corrected chi connectivity index (χ0v) is 19.4. The Hall–Kier alpha value is -3.57. The third-order valence-electron chi connectivity index (χ3n) is 5.40. The van der Waals surface area contributed by atoms with Gasteiger partial charge < -0.3 is 14.6 Å². The summed E-state index contributed by atoms with van der Waals surface area (Å²) in [6, 6.07) is 22.2. The lowest BCUT2D eigenvalue weighted by Crippen LogP contribution is -2.32. The molecule has 0 saturated carbocycles. The summed E-state index contributed by atoms with van der Waals surface area (Å²) in [6.07, 6.45) is 0. The molecule has 4 rings (SSSR count). The number of amides is 1. The molecule has 1 amide bonds. The van der Waals surface area contributed by atoms with E-state index in [1.54, 1.807) is 23.1 Å². The van der Waals surface area contributed by atoms with Gasteiger partial charge >= 0.3 is 0 Å². The van der Waals surface area contributed by atoms with Gasteiger partial charge in [0.15, 0.2) is 0 Å². The largest absolute Gasteiger partial charge is 0.494 e. The van der Waals surface area contributed by atoms with Gasteiger partial charge in [-0.25, -0.2) is 0 Å². The smallest absolute Gasteiger partial charge is 0.254 e. The maximum Gasteiger partial charge on any atom is 0.254 e. The number of carbonyl (C=O) groups is 1. The first-order valence-corrected chi connectivity index (χ1v) is 11.2. The average molecular weight is 461 g/mol. The molecule has 3 aromatic carbocycles. The molecule has 0 atom stereocenters. The molecule has 6 heteroatoms. The Morgan fingerprint density at radius 2 is 1.79 bits per heavy atom. The number of aromatic nitrogens is 1. The average Bonchev–Trinajstić information content (AvgIpc) is 2.80. The van der Waals surface area contributed by atoms with E-state index in [9.17, 15) is 9.59 Å². The van der Waals surface area contributed by atoms with Gasteiger partial charge in [-0.15, -0.1) is 0 Å². The number of halogens is 1. The van der Waals surface area contributed by atoms with Crippen molar-refractivity contribution in [3.05, 3.63) is 110 Å². The lowest BCUT2D eigenvalue weighted by atomic mass is 10.1. The molecule has 0 saturated heterocycles. The van der Waals surface area contributed by atoms with Crippen molar-refractivity contribution in [2.24, 2.45) is 0 Å². The van der Waals surface area contributed by atoms with E-state index in [0.717, 1.165) is 27.8 Å². The zero-order valence-electron chi connectivity index (χ0n) is 18.6. The Morgan fingerprint density at radius 3 is 2.52 bits per heavy atom. The minimum Gasteiger partial charge on any atom is -0.494 e. The molecule has 0 aliphatic rings. The number of rotatable bonds is 7. The van der Waals surface area contributed by atoms with Gasteiger partial charge in [0.1, 0.15) is 5.75 Å². The van der Waals surface area contributed by atoms with Gasteiger partial charge in [0.05, 0.1) is 13.2 Å². The Kier molecular flexibility index (Phi) is 6.80. The van der Waals surface area contributed by atoms with Crippen LogP contribution in [-0.4, -0.2) is 22.4 Å². The molecule has 1 aromatic heterocycles. The molecule has 33 heavy (non-hydrogen) atoms. The molecule has 0 aliphatic heterocycles. The number of ether oxygens (including phenoxy) is 1. The molecule has 168 valence electrons. The molecule has 4 aromatic rings. The number of fused-ring (bicyclic) bond motifs is 1. The van der Waals surface area contributed by atoms with Crippen LogP contribution in [-0.2, 0) is 13.1 Å². The lowest BCUT2D eigenvalue weighted by Gasteiger charge is -2.23. The van der Waals surface area contributed by atoms with Crippen molar-refractivity contribution < 1.29 is 9.53 Å². The first-order valence-electron chi connectivity index (χ1n) is 10.8. The van der Waals surface area contributed by atoms with Crippen molar-refractivity contribution in [2.75, 3.05) is 6.61 Å². The van der Waals surface area contributed by atoms with Gasteiger partial charge in [0, 0.05) is 33.6 Å². The first kappa shape index (κ1) is 22.6. The summed E-state index contributed by atoms with van der Waals surface area (Å²) in [7, 11) is 0. The van der Waals surface area contributed by atoms with Crippen molar-refractivity contribution in [1.29, 1.82) is 0 Å². The maximum atomic E-state index is 13.5. The number of pyridine rings is 1. The summed E-state index contributed by atoms with van der Waals surface area (Å²) in [4.78, 5) is 30.9. The number of H-pyrrole nitrogens is 1. The van der Waals surface area contributed by atoms with Crippen LogP contribution in [0.2, 0.25) is 5.02 Å². The van der Waals surface area contributed by atoms with Crippen LogP contribution in [0.1, 0.15) is 34.0 Å². The van der Waals surface area contributed by atoms with Crippen LogP contribution in [0.15, 0.2) is 77.6 Å². The Bertz CT molecular complexity index is 1350. The predicted molar refractivity (Wildman–Crippen MR) is 132 cm³/mol. The minimum atomic E-state index is -0.218. The highest BCUT2D eigenvalue weighted by Crippen LogP contribution is 2.21. The number of carbonyl (C=O) groups excluding carboxylic acids is 1. The van der Waals surface area contributed by atoms with E-state index in [1.165, 1.54) is 0 Å². The van der Waals surface area contributed by atoms with E-state index in [-0.39, 0.29) is 18.0 Å². The molecular weight excluding hydrogens is 436 g/mol. The van der Waals surface area contributed by atoms with Crippen LogP contribution < -0.4 is 10.3 Å². The van der Waals surface area contributed by atoms with Crippen molar-refractivity contribution in [2.45, 2.75) is 26.9 Å². The number of aryl methyl sites for hydroxylation is 1. The number of nitrogens with one attached hydrogen (secondary N) is 1. The van der Waals surface area contributed by atoms with Crippen LogP contribution >= 0.6 is 11.6 Å². The first-order chi connectivity index (χ1) is 15.9. The molecule has 0 bridgehead atoms. The second-order valence-electron chi connectivity index (χ2n) is 7.96. The SMILES string of the molecule is CCOc1ccc2[nH]c(=O)c(CN(Cc3ccc(Cl)cc3)C(=O)c3cccc(C)c3)cc2c1.